The second-order valence-corrected chi connectivity index (χ2v) is 4.56. The molecule has 3 atom stereocenters. The second-order valence-electron chi connectivity index (χ2n) is 4.56. The highest BCUT2D eigenvalue weighted by molar-refractivity contribution is 5.81. The molecule has 1 amide bonds. The normalized spacial score (nSPS) is 21.9. The van der Waals surface area contributed by atoms with Gasteiger partial charge in [-0.2, -0.15) is 0 Å². The number of hydrogen-bond acceptors (Lipinski definition) is 3. The first-order valence-corrected chi connectivity index (χ1v) is 5.77. The van der Waals surface area contributed by atoms with E-state index < -0.39 is 12.1 Å². The van der Waals surface area contributed by atoms with Crippen LogP contribution in [0.3, 0.4) is 0 Å². The van der Waals surface area contributed by atoms with E-state index in [-0.39, 0.29) is 11.8 Å². The maximum absolute atomic E-state index is 11.5. The third-order valence-electron chi connectivity index (χ3n) is 3.21. The van der Waals surface area contributed by atoms with E-state index in [0.717, 1.165) is 19.3 Å². The Morgan fingerprint density at radius 2 is 2.20 bits per heavy atom. The molecule has 1 aliphatic rings. The fraction of sp³-hybridized carbons (Fsp3) is 0.909. The summed E-state index contributed by atoms with van der Waals surface area (Å²) in [6, 6.07) is -0.457. The van der Waals surface area contributed by atoms with Crippen LogP contribution in [0.5, 0.6) is 0 Å². The predicted molar refractivity (Wildman–Crippen MR) is 59.2 cm³/mol. The first-order chi connectivity index (χ1) is 7.06. The van der Waals surface area contributed by atoms with Gasteiger partial charge in [-0.1, -0.05) is 20.3 Å². The third-order valence-corrected chi connectivity index (χ3v) is 3.21. The molecule has 1 rings (SSSR count). The number of aliphatic hydroxyl groups excluding tert-OH is 1. The zero-order chi connectivity index (χ0) is 11.4. The van der Waals surface area contributed by atoms with Gasteiger partial charge in [-0.05, 0) is 24.7 Å². The molecule has 0 bridgehead atoms. The molecule has 0 saturated heterocycles. The van der Waals surface area contributed by atoms with Crippen LogP contribution in [-0.4, -0.2) is 29.7 Å². The summed E-state index contributed by atoms with van der Waals surface area (Å²) in [5, 5.41) is 12.3. The molecule has 1 fully saturated rings. The van der Waals surface area contributed by atoms with E-state index in [1.165, 1.54) is 0 Å². The summed E-state index contributed by atoms with van der Waals surface area (Å²) in [5.41, 5.74) is 5.76. The van der Waals surface area contributed by atoms with Gasteiger partial charge in [-0.25, -0.2) is 0 Å². The Bertz CT molecular complexity index is 217. The van der Waals surface area contributed by atoms with Gasteiger partial charge in [0.2, 0.25) is 5.91 Å². The lowest BCUT2D eigenvalue weighted by atomic mass is 9.99. The fourth-order valence-electron chi connectivity index (χ4n) is 1.48. The summed E-state index contributed by atoms with van der Waals surface area (Å²) < 4.78 is 0. The van der Waals surface area contributed by atoms with Crippen molar-refractivity contribution >= 4 is 5.91 Å². The Kier molecular flexibility index (Phi) is 4.54. The molecule has 1 aliphatic carbocycles. The van der Waals surface area contributed by atoms with E-state index in [9.17, 15) is 9.90 Å². The SMILES string of the molecule is CCC(C)[C@H](N)C(=O)NCC(O)C1CC1. The first-order valence-electron chi connectivity index (χ1n) is 5.77. The Morgan fingerprint density at radius 1 is 1.60 bits per heavy atom. The predicted octanol–water partition coefficient (Wildman–Crippen LogP) is 0.247. The molecule has 0 spiro atoms. The van der Waals surface area contributed by atoms with E-state index >= 15 is 0 Å². The first kappa shape index (κ1) is 12.5. The summed E-state index contributed by atoms with van der Waals surface area (Å²) in [7, 11) is 0. The third kappa shape index (κ3) is 3.80. The molecule has 88 valence electrons. The fourth-order valence-corrected chi connectivity index (χ4v) is 1.48. The molecule has 0 radical (unpaired) electrons. The van der Waals surface area contributed by atoms with Crippen molar-refractivity contribution in [1.29, 1.82) is 0 Å². The van der Waals surface area contributed by atoms with Crippen LogP contribution >= 0.6 is 0 Å². The molecule has 0 aromatic carbocycles. The Balaban J connectivity index is 2.22. The molecule has 0 heterocycles. The van der Waals surface area contributed by atoms with Crippen molar-refractivity contribution in [3.63, 3.8) is 0 Å². The molecular formula is C11H22N2O2. The minimum atomic E-state index is -0.457. The van der Waals surface area contributed by atoms with Gasteiger partial charge < -0.3 is 16.2 Å². The molecule has 2 unspecified atom stereocenters. The van der Waals surface area contributed by atoms with Crippen molar-refractivity contribution in [1.82, 2.24) is 5.32 Å². The van der Waals surface area contributed by atoms with Gasteiger partial charge in [0.1, 0.15) is 0 Å². The Labute approximate surface area is 91.2 Å². The second kappa shape index (κ2) is 5.47. The molecule has 0 aromatic rings. The van der Waals surface area contributed by atoms with Crippen LogP contribution in [0.1, 0.15) is 33.1 Å². The number of carbonyl (C=O) groups excluding carboxylic acids is 1. The van der Waals surface area contributed by atoms with Crippen LogP contribution < -0.4 is 11.1 Å². The van der Waals surface area contributed by atoms with Crippen molar-refractivity contribution in [3.05, 3.63) is 0 Å². The average molecular weight is 214 g/mol. The largest absolute Gasteiger partial charge is 0.391 e. The summed E-state index contributed by atoms with van der Waals surface area (Å²) in [5.74, 6) is 0.428. The van der Waals surface area contributed by atoms with Crippen molar-refractivity contribution in [2.75, 3.05) is 6.54 Å². The van der Waals surface area contributed by atoms with Crippen LogP contribution in [0.4, 0.5) is 0 Å². The van der Waals surface area contributed by atoms with Gasteiger partial charge >= 0.3 is 0 Å². The molecule has 1 saturated carbocycles. The number of amides is 1. The van der Waals surface area contributed by atoms with E-state index in [4.69, 9.17) is 5.73 Å². The minimum absolute atomic E-state index is 0.149. The Morgan fingerprint density at radius 3 is 2.67 bits per heavy atom. The van der Waals surface area contributed by atoms with Gasteiger partial charge in [-0.3, -0.25) is 4.79 Å². The number of nitrogens with two attached hydrogens (primary N) is 1. The zero-order valence-corrected chi connectivity index (χ0v) is 9.57. The number of carbonyl (C=O) groups is 1. The maximum Gasteiger partial charge on any atom is 0.237 e. The lowest BCUT2D eigenvalue weighted by Crippen LogP contribution is -2.46. The number of hydrogen-bond donors (Lipinski definition) is 3. The van der Waals surface area contributed by atoms with Crippen LogP contribution in [0, 0.1) is 11.8 Å². The summed E-state index contributed by atoms with van der Waals surface area (Å²) in [4.78, 5) is 11.5. The highest BCUT2D eigenvalue weighted by Crippen LogP contribution is 2.32. The van der Waals surface area contributed by atoms with Gasteiger partial charge in [-0.15, -0.1) is 0 Å². The monoisotopic (exact) mass is 214 g/mol. The number of nitrogens with one attached hydrogen (secondary N) is 1. The molecule has 4 N–H and O–H groups in total. The van der Waals surface area contributed by atoms with Gasteiger partial charge in [0, 0.05) is 6.54 Å². The zero-order valence-electron chi connectivity index (χ0n) is 9.57. The van der Waals surface area contributed by atoms with E-state index in [1.54, 1.807) is 0 Å². The van der Waals surface area contributed by atoms with Gasteiger partial charge in [0.15, 0.2) is 0 Å². The van der Waals surface area contributed by atoms with E-state index in [0.29, 0.717) is 12.5 Å². The molecule has 4 heteroatoms. The van der Waals surface area contributed by atoms with Crippen molar-refractivity contribution in [2.45, 2.75) is 45.3 Å². The van der Waals surface area contributed by atoms with Gasteiger partial charge in [0.25, 0.3) is 0 Å². The van der Waals surface area contributed by atoms with E-state index in [1.807, 2.05) is 13.8 Å². The van der Waals surface area contributed by atoms with Crippen molar-refractivity contribution in [3.8, 4) is 0 Å². The van der Waals surface area contributed by atoms with Crippen molar-refractivity contribution in [2.24, 2.45) is 17.6 Å². The number of rotatable bonds is 6. The van der Waals surface area contributed by atoms with Crippen molar-refractivity contribution < 1.29 is 9.90 Å². The molecule has 0 aromatic heterocycles. The highest BCUT2D eigenvalue weighted by Gasteiger charge is 2.30. The lowest BCUT2D eigenvalue weighted by Gasteiger charge is -2.19. The summed E-state index contributed by atoms with van der Waals surface area (Å²) in [6.07, 6.45) is 2.65. The molecule has 15 heavy (non-hydrogen) atoms. The molecular weight excluding hydrogens is 192 g/mol. The van der Waals surface area contributed by atoms with Gasteiger partial charge in [0.05, 0.1) is 12.1 Å². The maximum atomic E-state index is 11.5. The quantitative estimate of drug-likeness (QED) is 0.593. The van der Waals surface area contributed by atoms with Crippen LogP contribution in [0.25, 0.3) is 0 Å². The highest BCUT2D eigenvalue weighted by atomic mass is 16.3. The van der Waals surface area contributed by atoms with Crippen LogP contribution in [-0.2, 0) is 4.79 Å². The lowest BCUT2D eigenvalue weighted by molar-refractivity contribution is -0.123. The number of aliphatic hydroxyl groups is 1. The standard InChI is InChI=1S/C11H22N2O2/c1-3-7(2)10(12)11(15)13-6-9(14)8-4-5-8/h7-10,14H,3-6,12H2,1-2H3,(H,13,15)/t7?,9?,10-/m0/s1. The molecule has 0 aliphatic heterocycles. The average Bonchev–Trinajstić information content (AvgIpc) is 3.06. The van der Waals surface area contributed by atoms with E-state index in [2.05, 4.69) is 5.32 Å². The minimum Gasteiger partial charge on any atom is -0.391 e. The summed E-state index contributed by atoms with van der Waals surface area (Å²) >= 11 is 0. The summed E-state index contributed by atoms with van der Waals surface area (Å²) in [6.45, 7) is 4.31. The van der Waals surface area contributed by atoms with Crippen LogP contribution in [0.15, 0.2) is 0 Å². The topological polar surface area (TPSA) is 75.4 Å². The molecule has 4 nitrogen and oxygen atoms in total. The van der Waals surface area contributed by atoms with Crippen LogP contribution in [0.2, 0.25) is 0 Å². The Hall–Kier alpha value is -0.610. The smallest absolute Gasteiger partial charge is 0.237 e.